The van der Waals surface area contributed by atoms with Crippen LogP contribution in [0.5, 0.6) is 0 Å². The van der Waals surface area contributed by atoms with Crippen molar-refractivity contribution in [1.82, 2.24) is 0 Å². The van der Waals surface area contributed by atoms with Gasteiger partial charge in [-0.05, 0) is 31.0 Å². The molecule has 0 saturated heterocycles. The number of nitrogens with zero attached hydrogens (tertiary/aromatic N) is 2. The average molecular weight is 190 g/mol. The molecule has 3 heteroatoms. The standard InChI is InChI=1S/C11H11FN2/c1-14(9-3-4-9)11-5-2-8(7-13)6-10(11)12/h2,5-6,9H,3-4H2,1H3. The molecule has 0 heterocycles. The molecule has 1 aliphatic rings. The molecular weight excluding hydrogens is 179 g/mol. The number of halogens is 1. The van der Waals surface area contributed by atoms with Gasteiger partial charge in [0.2, 0.25) is 0 Å². The first-order chi connectivity index (χ1) is 6.72. The smallest absolute Gasteiger partial charge is 0.147 e. The van der Waals surface area contributed by atoms with Crippen molar-refractivity contribution in [2.45, 2.75) is 18.9 Å². The Hall–Kier alpha value is -1.56. The Bertz CT molecular complexity index is 391. The van der Waals surface area contributed by atoms with E-state index in [2.05, 4.69) is 0 Å². The molecule has 0 bridgehead atoms. The molecule has 0 atom stereocenters. The molecule has 72 valence electrons. The van der Waals surface area contributed by atoms with Crippen molar-refractivity contribution in [3.8, 4) is 6.07 Å². The zero-order valence-electron chi connectivity index (χ0n) is 8.00. The Morgan fingerprint density at radius 3 is 2.71 bits per heavy atom. The highest BCUT2D eigenvalue weighted by Crippen LogP contribution is 2.31. The summed E-state index contributed by atoms with van der Waals surface area (Å²) < 4.78 is 13.5. The van der Waals surface area contributed by atoms with E-state index in [0.29, 0.717) is 17.3 Å². The molecule has 1 aliphatic carbocycles. The minimum absolute atomic E-state index is 0.307. The third-order valence-electron chi connectivity index (χ3n) is 2.55. The summed E-state index contributed by atoms with van der Waals surface area (Å²) in [4.78, 5) is 1.94. The summed E-state index contributed by atoms with van der Waals surface area (Å²) in [5.74, 6) is -0.307. The number of rotatable bonds is 2. The van der Waals surface area contributed by atoms with Crippen LogP contribution in [0, 0.1) is 17.1 Å². The van der Waals surface area contributed by atoms with Gasteiger partial charge in [0, 0.05) is 13.1 Å². The SMILES string of the molecule is CN(c1ccc(C#N)cc1F)C1CC1. The first-order valence-electron chi connectivity index (χ1n) is 4.65. The molecule has 1 saturated carbocycles. The molecule has 2 nitrogen and oxygen atoms in total. The van der Waals surface area contributed by atoms with Crippen LogP contribution < -0.4 is 4.90 Å². The van der Waals surface area contributed by atoms with E-state index >= 15 is 0 Å². The predicted octanol–water partition coefficient (Wildman–Crippen LogP) is 2.30. The van der Waals surface area contributed by atoms with Gasteiger partial charge in [-0.2, -0.15) is 5.26 Å². The second kappa shape index (κ2) is 3.30. The van der Waals surface area contributed by atoms with Gasteiger partial charge >= 0.3 is 0 Å². The van der Waals surface area contributed by atoms with Gasteiger partial charge in [-0.3, -0.25) is 0 Å². The zero-order valence-corrected chi connectivity index (χ0v) is 8.00. The van der Waals surface area contributed by atoms with E-state index in [-0.39, 0.29) is 5.82 Å². The van der Waals surface area contributed by atoms with Crippen LogP contribution in [0.2, 0.25) is 0 Å². The van der Waals surface area contributed by atoms with Crippen molar-refractivity contribution < 1.29 is 4.39 Å². The summed E-state index contributed by atoms with van der Waals surface area (Å²) in [5, 5.41) is 8.58. The van der Waals surface area contributed by atoms with Gasteiger partial charge in [-0.25, -0.2) is 4.39 Å². The van der Waals surface area contributed by atoms with Gasteiger partial charge in [0.05, 0.1) is 17.3 Å². The van der Waals surface area contributed by atoms with E-state index in [1.54, 1.807) is 12.1 Å². The Morgan fingerprint density at radius 2 is 2.21 bits per heavy atom. The van der Waals surface area contributed by atoms with Gasteiger partial charge in [-0.1, -0.05) is 0 Å². The fourth-order valence-corrected chi connectivity index (χ4v) is 1.52. The first kappa shape index (κ1) is 9.01. The zero-order chi connectivity index (χ0) is 10.1. The number of hydrogen-bond acceptors (Lipinski definition) is 2. The Morgan fingerprint density at radius 1 is 1.50 bits per heavy atom. The van der Waals surface area contributed by atoms with Crippen LogP contribution in [-0.4, -0.2) is 13.1 Å². The van der Waals surface area contributed by atoms with Gasteiger partial charge in [0.25, 0.3) is 0 Å². The quantitative estimate of drug-likeness (QED) is 0.715. The van der Waals surface area contributed by atoms with Crippen LogP contribution in [-0.2, 0) is 0 Å². The topological polar surface area (TPSA) is 27.0 Å². The van der Waals surface area contributed by atoms with Crippen LogP contribution in [0.25, 0.3) is 0 Å². The summed E-state index contributed by atoms with van der Waals surface area (Å²) >= 11 is 0. The summed E-state index contributed by atoms with van der Waals surface area (Å²) in [6, 6.07) is 7.01. The summed E-state index contributed by atoms with van der Waals surface area (Å²) in [7, 11) is 1.89. The second-order valence-corrected chi connectivity index (χ2v) is 3.62. The molecule has 0 aliphatic heterocycles. The fraction of sp³-hybridized carbons (Fsp3) is 0.364. The van der Waals surface area contributed by atoms with Crippen molar-refractivity contribution >= 4 is 5.69 Å². The highest BCUT2D eigenvalue weighted by Gasteiger charge is 2.27. The molecule has 0 radical (unpaired) electrons. The summed E-state index contributed by atoms with van der Waals surface area (Å²) in [6.07, 6.45) is 2.27. The van der Waals surface area contributed by atoms with E-state index in [1.165, 1.54) is 6.07 Å². The number of nitriles is 1. The number of anilines is 1. The lowest BCUT2D eigenvalue weighted by atomic mass is 10.2. The fourth-order valence-electron chi connectivity index (χ4n) is 1.52. The van der Waals surface area contributed by atoms with E-state index < -0.39 is 0 Å². The van der Waals surface area contributed by atoms with Crippen LogP contribution in [0.15, 0.2) is 18.2 Å². The van der Waals surface area contributed by atoms with E-state index in [9.17, 15) is 4.39 Å². The minimum atomic E-state index is -0.307. The lowest BCUT2D eigenvalue weighted by Gasteiger charge is -2.19. The normalized spacial score (nSPS) is 14.9. The average Bonchev–Trinajstić information content (AvgIpc) is 3.00. The first-order valence-corrected chi connectivity index (χ1v) is 4.65. The highest BCUT2D eigenvalue weighted by molar-refractivity contribution is 5.52. The third-order valence-corrected chi connectivity index (χ3v) is 2.55. The largest absolute Gasteiger partial charge is 0.369 e. The van der Waals surface area contributed by atoms with Gasteiger partial charge in [-0.15, -0.1) is 0 Å². The maximum absolute atomic E-state index is 13.5. The Balaban J connectivity index is 2.30. The second-order valence-electron chi connectivity index (χ2n) is 3.62. The lowest BCUT2D eigenvalue weighted by molar-refractivity contribution is 0.621. The molecular formula is C11H11FN2. The molecule has 0 spiro atoms. The maximum Gasteiger partial charge on any atom is 0.147 e. The van der Waals surface area contributed by atoms with Gasteiger partial charge < -0.3 is 4.90 Å². The molecule has 1 aromatic rings. The van der Waals surface area contributed by atoms with Crippen molar-refractivity contribution in [1.29, 1.82) is 5.26 Å². The number of hydrogen-bond donors (Lipinski definition) is 0. The molecule has 0 aromatic heterocycles. The third kappa shape index (κ3) is 1.56. The highest BCUT2D eigenvalue weighted by atomic mass is 19.1. The van der Waals surface area contributed by atoms with Crippen LogP contribution in [0.4, 0.5) is 10.1 Å². The van der Waals surface area contributed by atoms with E-state index in [0.717, 1.165) is 12.8 Å². The summed E-state index contributed by atoms with van der Waals surface area (Å²) in [6.45, 7) is 0. The summed E-state index contributed by atoms with van der Waals surface area (Å²) in [5.41, 5.74) is 0.960. The molecule has 0 N–H and O–H groups in total. The Kier molecular flexibility index (Phi) is 2.12. The van der Waals surface area contributed by atoms with Crippen LogP contribution in [0.1, 0.15) is 18.4 Å². The molecule has 0 amide bonds. The monoisotopic (exact) mass is 190 g/mol. The van der Waals surface area contributed by atoms with Gasteiger partial charge in [0.15, 0.2) is 0 Å². The number of benzene rings is 1. The van der Waals surface area contributed by atoms with Gasteiger partial charge in [0.1, 0.15) is 5.82 Å². The van der Waals surface area contributed by atoms with Crippen molar-refractivity contribution in [3.63, 3.8) is 0 Å². The van der Waals surface area contributed by atoms with Crippen LogP contribution >= 0.6 is 0 Å². The van der Waals surface area contributed by atoms with Crippen molar-refractivity contribution in [2.24, 2.45) is 0 Å². The van der Waals surface area contributed by atoms with E-state index in [4.69, 9.17) is 5.26 Å². The predicted molar refractivity (Wildman–Crippen MR) is 52.5 cm³/mol. The molecule has 1 aromatic carbocycles. The molecule has 14 heavy (non-hydrogen) atoms. The molecule has 0 unspecified atom stereocenters. The Labute approximate surface area is 82.6 Å². The van der Waals surface area contributed by atoms with Crippen molar-refractivity contribution in [3.05, 3.63) is 29.6 Å². The molecule has 2 rings (SSSR count). The van der Waals surface area contributed by atoms with E-state index in [1.807, 2.05) is 18.0 Å². The maximum atomic E-state index is 13.5. The van der Waals surface area contributed by atoms with Crippen molar-refractivity contribution in [2.75, 3.05) is 11.9 Å². The lowest BCUT2D eigenvalue weighted by Crippen LogP contribution is -2.20. The molecule has 1 fully saturated rings. The minimum Gasteiger partial charge on any atom is -0.369 e. The van der Waals surface area contributed by atoms with Crippen LogP contribution in [0.3, 0.4) is 0 Å².